The Morgan fingerprint density at radius 3 is 1.32 bits per heavy atom. The van der Waals surface area contributed by atoms with E-state index >= 15 is 0 Å². The molecular weight excluding hydrogens is 655 g/mol. The van der Waals surface area contributed by atoms with E-state index in [-0.39, 0.29) is 10.8 Å². The number of hydrogen-bond acceptors (Lipinski definition) is 0. The van der Waals surface area contributed by atoms with Crippen molar-refractivity contribution in [3.8, 4) is 0 Å². The van der Waals surface area contributed by atoms with Gasteiger partial charge in [0.25, 0.3) is 0 Å². The van der Waals surface area contributed by atoms with Crippen molar-refractivity contribution in [2.45, 2.75) is 66.2 Å². The molecule has 0 N–H and O–H groups in total. The van der Waals surface area contributed by atoms with Gasteiger partial charge < -0.3 is 0 Å². The van der Waals surface area contributed by atoms with Crippen LogP contribution in [-0.2, 0) is 29.7 Å². The summed E-state index contributed by atoms with van der Waals surface area (Å²) in [5.41, 5.74) is 8.21. The van der Waals surface area contributed by atoms with Crippen molar-refractivity contribution in [2.75, 3.05) is 0 Å². The molecule has 0 fully saturated rings. The van der Waals surface area contributed by atoms with Crippen molar-refractivity contribution in [3.05, 3.63) is 155 Å². The Labute approximate surface area is 279 Å². The van der Waals surface area contributed by atoms with E-state index in [2.05, 4.69) is 140 Å². The van der Waals surface area contributed by atoms with Gasteiger partial charge in [0.1, 0.15) is 0 Å². The summed E-state index contributed by atoms with van der Waals surface area (Å²) in [5.74, 6) is 0. The van der Waals surface area contributed by atoms with Gasteiger partial charge in [0, 0.05) is 0 Å². The summed E-state index contributed by atoms with van der Waals surface area (Å²) in [6, 6.07) is 42.9. The van der Waals surface area contributed by atoms with Crippen LogP contribution in [0.4, 0.5) is 0 Å². The first-order valence-electron chi connectivity index (χ1n) is 15.2. The van der Waals surface area contributed by atoms with Crippen molar-refractivity contribution in [1.82, 2.24) is 0 Å². The molecule has 0 unspecified atom stereocenters. The quantitative estimate of drug-likeness (QED) is 0.158. The van der Waals surface area contributed by atoms with Gasteiger partial charge in [0.15, 0.2) is 0 Å². The Morgan fingerprint density at radius 1 is 0.591 bits per heavy atom. The van der Waals surface area contributed by atoms with Crippen LogP contribution in [0.3, 0.4) is 0 Å². The van der Waals surface area contributed by atoms with Gasteiger partial charge in [-0.2, -0.15) is 17.7 Å². The van der Waals surface area contributed by atoms with E-state index in [1.54, 1.807) is 0 Å². The molecule has 228 valence electrons. The maximum absolute atomic E-state index is 6.24. The molecule has 0 saturated carbocycles. The van der Waals surface area contributed by atoms with Crippen LogP contribution in [0, 0.1) is 13.8 Å². The van der Waals surface area contributed by atoms with Crippen molar-refractivity contribution in [2.24, 2.45) is 0 Å². The molecule has 0 amide bonds. The number of benzene rings is 4. The van der Waals surface area contributed by atoms with Crippen molar-refractivity contribution in [3.63, 3.8) is 0 Å². The van der Waals surface area contributed by atoms with E-state index in [1.807, 2.05) is 36.4 Å². The van der Waals surface area contributed by atoms with Gasteiger partial charge in [0.2, 0.25) is 0 Å². The fraction of sp³-hybridized carbons (Fsp3) is 0.244. The molecule has 44 heavy (non-hydrogen) atoms. The van der Waals surface area contributed by atoms with Gasteiger partial charge in [-0.25, -0.2) is 11.6 Å². The SMILES string of the molecule is CC(C)(C)c1ccc2[cH-]c3ccc(C(C)(C)C)cc3c2c1.Cc1c[cH-]c(C)c1.[Cl][Zr]([Cl])=[C](c1ccccc1)c1ccccc1. The summed E-state index contributed by atoms with van der Waals surface area (Å²) >= 11 is -2.44. The Balaban J connectivity index is 0.000000169. The first kappa shape index (κ1) is 34.3. The van der Waals surface area contributed by atoms with Gasteiger partial charge in [0.05, 0.1) is 0 Å². The number of halogens is 2. The van der Waals surface area contributed by atoms with Gasteiger partial charge >= 0.3 is 111 Å². The minimum atomic E-state index is -2.44. The zero-order chi connectivity index (χ0) is 32.1. The summed E-state index contributed by atoms with van der Waals surface area (Å²) in [6.45, 7) is 17.9. The second kappa shape index (κ2) is 14.7. The van der Waals surface area contributed by atoms with E-state index in [9.17, 15) is 0 Å². The van der Waals surface area contributed by atoms with Crippen LogP contribution in [0.15, 0.2) is 121 Å². The molecule has 0 bridgehead atoms. The van der Waals surface area contributed by atoms with Crippen LogP contribution in [0.5, 0.6) is 0 Å². The number of aryl methyl sites for hydroxylation is 2. The summed E-state index contributed by atoms with van der Waals surface area (Å²) in [5, 5.41) is 5.49. The van der Waals surface area contributed by atoms with Gasteiger partial charge in [-0.3, -0.25) is 0 Å². The Hall–Kier alpha value is -2.57. The predicted octanol–water partition coefficient (Wildman–Crippen LogP) is 12.5. The normalized spacial score (nSPS) is 11.4. The summed E-state index contributed by atoms with van der Waals surface area (Å²) < 4.78 is 1.15. The van der Waals surface area contributed by atoms with E-state index in [0.29, 0.717) is 0 Å². The summed E-state index contributed by atoms with van der Waals surface area (Å²) in [4.78, 5) is 0. The fourth-order valence-electron chi connectivity index (χ4n) is 5.24. The Morgan fingerprint density at radius 2 is 1.02 bits per heavy atom. The second-order valence-electron chi connectivity index (χ2n) is 13.6. The molecule has 0 aromatic heterocycles. The zero-order valence-electron chi connectivity index (χ0n) is 27.3. The van der Waals surface area contributed by atoms with Crippen molar-refractivity contribution in [1.29, 1.82) is 0 Å². The van der Waals surface area contributed by atoms with Crippen molar-refractivity contribution < 1.29 is 18.9 Å². The van der Waals surface area contributed by atoms with E-state index in [0.717, 1.165) is 14.3 Å². The average Bonchev–Trinajstić information content (AvgIpc) is 3.54. The molecule has 0 aliphatic carbocycles. The molecule has 0 spiro atoms. The van der Waals surface area contributed by atoms with E-state index < -0.39 is 18.9 Å². The van der Waals surface area contributed by atoms with Crippen LogP contribution in [0.2, 0.25) is 0 Å². The van der Waals surface area contributed by atoms with E-state index in [4.69, 9.17) is 17.0 Å². The number of rotatable bonds is 2. The molecule has 0 aliphatic rings. The first-order valence-corrected chi connectivity index (χ1v) is 22.8. The van der Waals surface area contributed by atoms with Crippen molar-refractivity contribution >= 4 is 41.8 Å². The molecule has 0 saturated heterocycles. The molecule has 0 atom stereocenters. The maximum atomic E-state index is 6.24. The van der Waals surface area contributed by atoms with Crippen LogP contribution >= 0.6 is 17.0 Å². The monoisotopic (exact) mass is 696 g/mol. The Bertz CT molecular complexity index is 1710. The van der Waals surface area contributed by atoms with Crippen LogP contribution in [-0.4, -0.2) is 3.21 Å². The number of hydrogen-bond donors (Lipinski definition) is 0. The third-order valence-electron chi connectivity index (χ3n) is 7.82. The third kappa shape index (κ3) is 9.00. The Kier molecular flexibility index (Phi) is 11.5. The summed E-state index contributed by atoms with van der Waals surface area (Å²) in [7, 11) is 12.5. The molecule has 0 aliphatic heterocycles. The molecular formula is C41H44Cl2Zr-2. The molecule has 3 heteroatoms. The molecule has 0 radical (unpaired) electrons. The average molecular weight is 699 g/mol. The van der Waals surface area contributed by atoms with Crippen LogP contribution < -0.4 is 0 Å². The van der Waals surface area contributed by atoms with Gasteiger partial charge in [-0.15, -0.1) is 39.7 Å². The third-order valence-corrected chi connectivity index (χ3v) is 12.4. The molecule has 6 aromatic rings. The zero-order valence-corrected chi connectivity index (χ0v) is 31.3. The summed E-state index contributed by atoms with van der Waals surface area (Å²) in [6.07, 6.45) is 0. The molecule has 0 nitrogen and oxygen atoms in total. The van der Waals surface area contributed by atoms with Gasteiger partial charge in [-0.05, 0) is 10.8 Å². The van der Waals surface area contributed by atoms with E-state index in [1.165, 1.54) is 43.8 Å². The minimum absolute atomic E-state index is 0.194. The predicted molar refractivity (Wildman–Crippen MR) is 194 cm³/mol. The number of fused-ring (bicyclic) bond motifs is 3. The molecule has 6 rings (SSSR count). The second-order valence-corrected chi connectivity index (χ2v) is 21.7. The van der Waals surface area contributed by atoms with Gasteiger partial charge in [-0.1, -0.05) is 90.8 Å². The first-order chi connectivity index (χ1) is 20.7. The van der Waals surface area contributed by atoms with Crippen LogP contribution in [0.1, 0.15) is 74.9 Å². The fourth-order valence-corrected chi connectivity index (χ4v) is 9.72. The molecule has 0 heterocycles. The molecule has 6 aromatic carbocycles. The van der Waals surface area contributed by atoms with Crippen LogP contribution in [0.25, 0.3) is 21.5 Å². The standard InChI is InChI=1S/C21H25.C13H10.C7H9.2ClH.Zr/c1-20(2,3)16-9-7-14-11-15-8-10-17(21(4,5)6)13-19(15)18(14)12-16;1-3-7-12(8-4-1)11-13-9-5-2-6-10-13;1-6-3-4-7(2)5-6;;;/h7-13H,1-6H3;1-10H;3-5H,1-2H3;2*1H;/q-1;;-1;;;+2/p-2. The topological polar surface area (TPSA) is 0 Å².